The van der Waals surface area contributed by atoms with Gasteiger partial charge in [-0.15, -0.1) is 0 Å². The maximum atomic E-state index is 6.56. The van der Waals surface area contributed by atoms with Crippen molar-refractivity contribution in [1.29, 1.82) is 0 Å². The van der Waals surface area contributed by atoms with Gasteiger partial charge in [-0.2, -0.15) is 0 Å². The van der Waals surface area contributed by atoms with Crippen LogP contribution in [0.2, 0.25) is 25.7 Å². The molecular formula is C36H56O9Si. The first-order valence-electron chi connectivity index (χ1n) is 16.4. The van der Waals surface area contributed by atoms with Crippen molar-refractivity contribution in [1.82, 2.24) is 0 Å². The van der Waals surface area contributed by atoms with Crippen LogP contribution in [0.15, 0.2) is 54.6 Å². The summed E-state index contributed by atoms with van der Waals surface area (Å²) >= 11 is 0. The van der Waals surface area contributed by atoms with Crippen molar-refractivity contribution in [3.05, 3.63) is 65.7 Å². The minimum absolute atomic E-state index is 0.122. The van der Waals surface area contributed by atoms with Crippen LogP contribution in [-0.4, -0.2) is 81.1 Å². The van der Waals surface area contributed by atoms with Crippen LogP contribution in [-0.2, 0) is 41.6 Å². The van der Waals surface area contributed by atoms with Crippen LogP contribution in [0.4, 0.5) is 0 Å². The Kier molecular flexibility index (Phi) is 17.7. The predicted molar refractivity (Wildman–Crippen MR) is 183 cm³/mol. The third kappa shape index (κ3) is 15.0. The lowest BCUT2D eigenvalue weighted by Crippen LogP contribution is -2.33. The Morgan fingerprint density at radius 3 is 2.28 bits per heavy atom. The summed E-state index contributed by atoms with van der Waals surface area (Å²) in [5.74, 6) is 2.17. The summed E-state index contributed by atoms with van der Waals surface area (Å²) in [6, 6.07) is 14.8. The first kappa shape index (κ1) is 38.0. The summed E-state index contributed by atoms with van der Waals surface area (Å²) in [7, 11) is 3.72. The number of hydrogen-bond donors (Lipinski definition) is 0. The largest absolute Gasteiger partial charge is 0.497 e. The molecule has 3 atom stereocenters. The van der Waals surface area contributed by atoms with Gasteiger partial charge in [-0.25, -0.2) is 0 Å². The fraction of sp³-hybridized carbons (Fsp3) is 0.611. The topological polar surface area (TPSA) is 83.1 Å². The zero-order valence-corrected chi connectivity index (χ0v) is 29.8. The van der Waals surface area contributed by atoms with Gasteiger partial charge in [0.2, 0.25) is 0 Å². The molecule has 0 aromatic heterocycles. The molecule has 3 rings (SSSR count). The van der Waals surface area contributed by atoms with E-state index in [4.69, 9.17) is 42.6 Å². The van der Waals surface area contributed by atoms with Crippen LogP contribution in [0.5, 0.6) is 17.2 Å². The van der Waals surface area contributed by atoms with Gasteiger partial charge in [-0.1, -0.05) is 50.0 Å². The Labute approximate surface area is 277 Å². The van der Waals surface area contributed by atoms with Crippen molar-refractivity contribution >= 4 is 8.07 Å². The average molecular weight is 661 g/mol. The highest BCUT2D eigenvalue weighted by atomic mass is 28.3. The standard InChI is InChI=1S/C36H56O9Si/c1-37-31-16-13-29(14-17-31)26-40-22-19-34(45-28-41-23-24-46(4,5)6)33(11-7-9-20-42-36-12-8-10-21-43-36)44-27-30-15-18-32(38-2)35(25-30)39-3/h7,9,13-18,25,33-34,36H,8,10-12,19-24,26-28H2,1-6H3/b9-7-/t33-,34+,36?/m1/s1. The van der Waals surface area contributed by atoms with Crippen LogP contribution in [0, 0.1) is 0 Å². The average Bonchev–Trinajstić information content (AvgIpc) is 3.07. The van der Waals surface area contributed by atoms with E-state index in [1.54, 1.807) is 21.3 Å². The van der Waals surface area contributed by atoms with Crippen LogP contribution in [0.25, 0.3) is 0 Å². The molecule has 1 heterocycles. The second-order valence-electron chi connectivity index (χ2n) is 12.6. The third-order valence-corrected chi connectivity index (χ3v) is 9.42. The zero-order chi connectivity index (χ0) is 33.0. The second kappa shape index (κ2) is 21.4. The van der Waals surface area contributed by atoms with Crippen molar-refractivity contribution < 1.29 is 42.6 Å². The second-order valence-corrected chi connectivity index (χ2v) is 18.2. The maximum Gasteiger partial charge on any atom is 0.161 e. The van der Waals surface area contributed by atoms with Crippen molar-refractivity contribution in [3.8, 4) is 17.2 Å². The molecule has 0 spiro atoms. The van der Waals surface area contributed by atoms with E-state index in [2.05, 4.69) is 25.7 Å². The molecule has 9 nitrogen and oxygen atoms in total. The van der Waals surface area contributed by atoms with Crippen LogP contribution in [0.3, 0.4) is 0 Å². The van der Waals surface area contributed by atoms with E-state index in [9.17, 15) is 0 Å². The molecule has 10 heteroatoms. The SMILES string of the molecule is COc1ccc(COCC[C@H](OCOCC[Si](C)(C)C)[C@@H](C/C=C\COC2CCCCO2)OCc2ccc(OC)c(OC)c2)cc1. The fourth-order valence-corrected chi connectivity index (χ4v) is 5.62. The third-order valence-electron chi connectivity index (χ3n) is 7.71. The van der Waals surface area contributed by atoms with E-state index in [1.165, 1.54) is 0 Å². The molecule has 46 heavy (non-hydrogen) atoms. The molecule has 1 unspecified atom stereocenters. The molecule has 0 saturated carbocycles. The Morgan fingerprint density at radius 2 is 1.59 bits per heavy atom. The van der Waals surface area contributed by atoms with E-state index >= 15 is 0 Å². The van der Waals surface area contributed by atoms with Crippen LogP contribution in [0.1, 0.15) is 43.2 Å². The van der Waals surface area contributed by atoms with Gasteiger partial charge < -0.3 is 42.6 Å². The van der Waals surface area contributed by atoms with Crippen LogP contribution >= 0.6 is 0 Å². The Morgan fingerprint density at radius 1 is 0.804 bits per heavy atom. The summed E-state index contributed by atoms with van der Waals surface area (Å²) in [4.78, 5) is 0. The number of benzene rings is 2. The summed E-state index contributed by atoms with van der Waals surface area (Å²) < 4.78 is 52.7. The van der Waals surface area contributed by atoms with E-state index in [1.807, 2.05) is 48.5 Å². The van der Waals surface area contributed by atoms with Crippen molar-refractivity contribution in [2.75, 3.05) is 54.5 Å². The first-order valence-corrected chi connectivity index (χ1v) is 20.1. The number of rotatable bonds is 23. The molecule has 0 amide bonds. The smallest absolute Gasteiger partial charge is 0.161 e. The molecular weight excluding hydrogens is 604 g/mol. The van der Waals surface area contributed by atoms with Gasteiger partial charge in [-0.05, 0) is 73.5 Å². The molecule has 1 aliphatic heterocycles. The summed E-state index contributed by atoms with van der Waals surface area (Å²) in [6.07, 6.45) is 7.97. The monoisotopic (exact) mass is 660 g/mol. The highest BCUT2D eigenvalue weighted by molar-refractivity contribution is 6.76. The Bertz CT molecular complexity index is 1110. The molecule has 1 fully saturated rings. The van der Waals surface area contributed by atoms with Gasteiger partial charge in [0.25, 0.3) is 0 Å². The lowest BCUT2D eigenvalue weighted by Gasteiger charge is -2.27. The lowest BCUT2D eigenvalue weighted by atomic mass is 10.1. The van der Waals surface area contributed by atoms with Gasteiger partial charge in [0, 0.05) is 27.9 Å². The minimum atomic E-state index is -1.21. The molecule has 258 valence electrons. The first-order chi connectivity index (χ1) is 22.3. The van der Waals surface area contributed by atoms with E-state index in [0.717, 1.165) is 48.8 Å². The predicted octanol–water partition coefficient (Wildman–Crippen LogP) is 7.39. The quantitative estimate of drug-likeness (QED) is 0.0524. The number of methoxy groups -OCH3 is 3. The van der Waals surface area contributed by atoms with Crippen molar-refractivity contribution in [2.24, 2.45) is 0 Å². The van der Waals surface area contributed by atoms with Gasteiger partial charge in [0.05, 0.1) is 53.4 Å². The van der Waals surface area contributed by atoms with Crippen molar-refractivity contribution in [2.45, 2.75) is 89.5 Å². The van der Waals surface area contributed by atoms with Crippen molar-refractivity contribution in [3.63, 3.8) is 0 Å². The van der Waals surface area contributed by atoms with Crippen LogP contribution < -0.4 is 14.2 Å². The van der Waals surface area contributed by atoms with E-state index in [-0.39, 0.29) is 25.3 Å². The molecule has 1 aliphatic rings. The summed E-state index contributed by atoms with van der Waals surface area (Å²) in [6.45, 7) is 10.6. The molecule has 0 bridgehead atoms. The van der Waals surface area contributed by atoms with Gasteiger partial charge in [0.1, 0.15) is 12.5 Å². The Balaban J connectivity index is 1.66. The highest BCUT2D eigenvalue weighted by Gasteiger charge is 2.23. The lowest BCUT2D eigenvalue weighted by molar-refractivity contribution is -0.155. The van der Waals surface area contributed by atoms with Gasteiger partial charge in [0.15, 0.2) is 17.8 Å². The number of ether oxygens (including phenoxy) is 9. The normalized spacial score (nSPS) is 16.8. The van der Waals surface area contributed by atoms with E-state index < -0.39 is 8.07 Å². The fourth-order valence-electron chi connectivity index (χ4n) is 4.87. The van der Waals surface area contributed by atoms with E-state index in [0.29, 0.717) is 57.4 Å². The van der Waals surface area contributed by atoms with Gasteiger partial charge >= 0.3 is 0 Å². The molecule has 1 saturated heterocycles. The molecule has 2 aromatic carbocycles. The zero-order valence-electron chi connectivity index (χ0n) is 28.8. The highest BCUT2D eigenvalue weighted by Crippen LogP contribution is 2.28. The molecule has 2 aromatic rings. The molecule has 0 aliphatic carbocycles. The van der Waals surface area contributed by atoms with Gasteiger partial charge in [-0.3, -0.25) is 0 Å². The maximum absolute atomic E-state index is 6.56. The summed E-state index contributed by atoms with van der Waals surface area (Å²) in [5.41, 5.74) is 2.06. The summed E-state index contributed by atoms with van der Waals surface area (Å²) in [5, 5.41) is 0. The molecule has 0 N–H and O–H groups in total. The Hall–Kier alpha value is -2.44. The minimum Gasteiger partial charge on any atom is -0.497 e. The molecule has 0 radical (unpaired) electrons. The number of hydrogen-bond acceptors (Lipinski definition) is 9.